The second kappa shape index (κ2) is 6.35. The first-order valence-corrected chi connectivity index (χ1v) is 6.79. The number of hydrogen-bond donors (Lipinski definition) is 2. The van der Waals surface area contributed by atoms with Crippen LogP contribution in [0.3, 0.4) is 0 Å². The Balaban J connectivity index is 2.29. The van der Waals surface area contributed by atoms with Crippen LogP contribution in [0, 0.1) is 12.7 Å². The number of aromatic nitrogens is 1. The minimum absolute atomic E-state index is 0.181. The monoisotopic (exact) mass is 287 g/mol. The number of nitrogens with one attached hydrogen (secondary N) is 2. The predicted octanol–water partition coefficient (Wildman–Crippen LogP) is 3.39. The van der Waals surface area contributed by atoms with Crippen molar-refractivity contribution in [2.75, 3.05) is 17.7 Å². The molecule has 2 N–H and O–H groups in total. The number of pyridine rings is 1. The first-order chi connectivity index (χ1) is 10.0. The first-order valence-electron chi connectivity index (χ1n) is 6.79. The summed E-state index contributed by atoms with van der Waals surface area (Å²) >= 11 is 0. The van der Waals surface area contributed by atoms with Crippen molar-refractivity contribution in [2.45, 2.75) is 20.3 Å². The lowest BCUT2D eigenvalue weighted by Crippen LogP contribution is -2.14. The molecule has 1 amide bonds. The Hall–Kier alpha value is -2.43. The van der Waals surface area contributed by atoms with Crippen LogP contribution in [0.25, 0.3) is 0 Å². The maximum Gasteiger partial charge on any atom is 0.255 e. The average Bonchev–Trinajstić information content (AvgIpc) is 2.50. The van der Waals surface area contributed by atoms with E-state index in [1.165, 1.54) is 6.07 Å². The van der Waals surface area contributed by atoms with E-state index < -0.39 is 5.82 Å². The molecular weight excluding hydrogens is 269 g/mol. The normalized spacial score (nSPS) is 10.3. The van der Waals surface area contributed by atoms with Gasteiger partial charge < -0.3 is 10.6 Å². The van der Waals surface area contributed by atoms with Crippen LogP contribution in [0.4, 0.5) is 15.9 Å². The van der Waals surface area contributed by atoms with Crippen molar-refractivity contribution >= 4 is 17.4 Å². The van der Waals surface area contributed by atoms with Gasteiger partial charge in [-0.1, -0.05) is 13.0 Å². The van der Waals surface area contributed by atoms with Crippen LogP contribution in [-0.2, 0) is 6.42 Å². The van der Waals surface area contributed by atoms with Gasteiger partial charge in [0, 0.05) is 18.3 Å². The van der Waals surface area contributed by atoms with Gasteiger partial charge in [0.25, 0.3) is 5.91 Å². The molecule has 0 spiro atoms. The molecule has 0 atom stereocenters. The summed E-state index contributed by atoms with van der Waals surface area (Å²) in [6, 6.07) is 7.96. The molecule has 0 saturated carbocycles. The van der Waals surface area contributed by atoms with Gasteiger partial charge in [0.2, 0.25) is 0 Å². The number of amides is 1. The van der Waals surface area contributed by atoms with Crippen LogP contribution in [0.5, 0.6) is 0 Å². The number of benzene rings is 1. The van der Waals surface area contributed by atoms with Crippen LogP contribution >= 0.6 is 0 Å². The second-order valence-corrected chi connectivity index (χ2v) is 4.77. The van der Waals surface area contributed by atoms with Crippen molar-refractivity contribution in [2.24, 2.45) is 0 Å². The van der Waals surface area contributed by atoms with E-state index in [2.05, 4.69) is 15.6 Å². The summed E-state index contributed by atoms with van der Waals surface area (Å²) < 4.78 is 13.7. The quantitative estimate of drug-likeness (QED) is 0.906. The largest absolute Gasteiger partial charge is 0.373 e. The summed E-state index contributed by atoms with van der Waals surface area (Å²) in [4.78, 5) is 16.6. The minimum atomic E-state index is -0.451. The van der Waals surface area contributed by atoms with Crippen molar-refractivity contribution in [3.05, 3.63) is 53.0 Å². The van der Waals surface area contributed by atoms with E-state index >= 15 is 0 Å². The highest BCUT2D eigenvalue weighted by molar-refractivity contribution is 6.04. The molecule has 0 saturated heterocycles. The number of rotatable bonds is 4. The molecule has 4 nitrogen and oxygen atoms in total. The highest BCUT2D eigenvalue weighted by atomic mass is 19.1. The van der Waals surface area contributed by atoms with Crippen LogP contribution in [0.1, 0.15) is 28.5 Å². The van der Waals surface area contributed by atoms with Crippen molar-refractivity contribution in [3.8, 4) is 0 Å². The second-order valence-electron chi connectivity index (χ2n) is 4.77. The van der Waals surface area contributed by atoms with E-state index in [0.717, 1.165) is 11.3 Å². The number of hydrogen-bond acceptors (Lipinski definition) is 3. The SMILES string of the molecule is CCc1cc(C(=O)Nc2cc(C)ccc2F)cc(NC)n1. The predicted molar refractivity (Wildman–Crippen MR) is 82.3 cm³/mol. The standard InChI is InChI=1S/C16H18FN3O/c1-4-12-8-11(9-15(18-3)19-12)16(21)20-14-7-10(2)5-6-13(14)17/h5-9H,4H2,1-3H3,(H,18,19)(H,20,21). The lowest BCUT2D eigenvalue weighted by atomic mass is 10.1. The Morgan fingerprint density at radius 3 is 2.71 bits per heavy atom. The van der Waals surface area contributed by atoms with Gasteiger partial charge >= 0.3 is 0 Å². The Bertz CT molecular complexity index is 648. The summed E-state index contributed by atoms with van der Waals surface area (Å²) in [7, 11) is 1.74. The zero-order valence-corrected chi connectivity index (χ0v) is 12.3. The molecule has 0 radical (unpaired) electrons. The molecule has 0 aliphatic heterocycles. The third kappa shape index (κ3) is 3.56. The molecule has 21 heavy (non-hydrogen) atoms. The maximum atomic E-state index is 13.7. The fraction of sp³-hybridized carbons (Fsp3) is 0.250. The molecule has 2 rings (SSSR count). The van der Waals surface area contributed by atoms with Crippen LogP contribution < -0.4 is 10.6 Å². The van der Waals surface area contributed by atoms with Gasteiger partial charge in [0.1, 0.15) is 11.6 Å². The highest BCUT2D eigenvalue weighted by Crippen LogP contribution is 2.18. The minimum Gasteiger partial charge on any atom is -0.373 e. The van der Waals surface area contributed by atoms with Gasteiger partial charge in [0.05, 0.1) is 5.69 Å². The van der Waals surface area contributed by atoms with Crippen molar-refractivity contribution in [3.63, 3.8) is 0 Å². The molecule has 1 aromatic carbocycles. The van der Waals surface area contributed by atoms with E-state index in [1.807, 2.05) is 13.8 Å². The summed E-state index contributed by atoms with van der Waals surface area (Å²) in [5.74, 6) is -0.190. The number of halogens is 1. The van der Waals surface area contributed by atoms with Gasteiger partial charge in [-0.25, -0.2) is 9.37 Å². The van der Waals surface area contributed by atoms with E-state index in [0.29, 0.717) is 17.8 Å². The number of carbonyl (C=O) groups excluding carboxylic acids is 1. The fourth-order valence-electron chi connectivity index (χ4n) is 1.96. The van der Waals surface area contributed by atoms with Gasteiger partial charge in [-0.05, 0) is 43.2 Å². The van der Waals surface area contributed by atoms with E-state index in [9.17, 15) is 9.18 Å². The molecule has 0 unspecified atom stereocenters. The van der Waals surface area contributed by atoms with Gasteiger partial charge in [-0.15, -0.1) is 0 Å². The molecule has 1 aromatic heterocycles. The van der Waals surface area contributed by atoms with Crippen LogP contribution in [0.2, 0.25) is 0 Å². The molecule has 0 aliphatic rings. The zero-order chi connectivity index (χ0) is 15.4. The Morgan fingerprint density at radius 1 is 1.29 bits per heavy atom. The van der Waals surface area contributed by atoms with E-state index in [1.54, 1.807) is 31.3 Å². The number of nitrogens with zero attached hydrogens (tertiary/aromatic N) is 1. The van der Waals surface area contributed by atoms with Crippen molar-refractivity contribution in [1.82, 2.24) is 4.98 Å². The van der Waals surface area contributed by atoms with E-state index in [4.69, 9.17) is 0 Å². The summed E-state index contributed by atoms with van der Waals surface area (Å²) in [6.07, 6.45) is 0.717. The molecular formula is C16H18FN3O. The van der Waals surface area contributed by atoms with Gasteiger partial charge in [-0.3, -0.25) is 4.79 Å². The average molecular weight is 287 g/mol. The summed E-state index contributed by atoms with van der Waals surface area (Å²) in [5.41, 5.74) is 2.32. The lowest BCUT2D eigenvalue weighted by Gasteiger charge is -2.10. The topological polar surface area (TPSA) is 54.0 Å². The third-order valence-electron chi connectivity index (χ3n) is 3.13. The highest BCUT2D eigenvalue weighted by Gasteiger charge is 2.12. The third-order valence-corrected chi connectivity index (χ3v) is 3.13. The molecule has 0 fully saturated rings. The van der Waals surface area contributed by atoms with E-state index in [-0.39, 0.29) is 11.6 Å². The Kier molecular flexibility index (Phi) is 4.52. The summed E-state index contributed by atoms with van der Waals surface area (Å²) in [6.45, 7) is 3.81. The first kappa shape index (κ1) is 15.0. The smallest absolute Gasteiger partial charge is 0.255 e. The molecule has 1 heterocycles. The van der Waals surface area contributed by atoms with Crippen LogP contribution in [0.15, 0.2) is 30.3 Å². The molecule has 2 aromatic rings. The molecule has 0 bridgehead atoms. The molecule has 5 heteroatoms. The van der Waals surface area contributed by atoms with Crippen LogP contribution in [-0.4, -0.2) is 17.9 Å². The maximum absolute atomic E-state index is 13.7. The van der Waals surface area contributed by atoms with Crippen molar-refractivity contribution in [1.29, 1.82) is 0 Å². The summed E-state index contributed by atoms with van der Waals surface area (Å²) in [5, 5.41) is 5.52. The Morgan fingerprint density at radius 2 is 2.05 bits per heavy atom. The molecule has 110 valence electrons. The Labute approximate surface area is 123 Å². The van der Waals surface area contributed by atoms with Gasteiger partial charge in [-0.2, -0.15) is 0 Å². The number of carbonyl (C=O) groups is 1. The van der Waals surface area contributed by atoms with Crippen molar-refractivity contribution < 1.29 is 9.18 Å². The number of anilines is 2. The van der Waals surface area contributed by atoms with Gasteiger partial charge in [0.15, 0.2) is 0 Å². The fourth-order valence-corrected chi connectivity index (χ4v) is 1.96. The molecule has 0 aliphatic carbocycles. The number of aryl methyl sites for hydroxylation is 2. The zero-order valence-electron chi connectivity index (χ0n) is 12.3. The lowest BCUT2D eigenvalue weighted by molar-refractivity contribution is 0.102.